The summed E-state index contributed by atoms with van der Waals surface area (Å²) in [6, 6.07) is 13.7. The number of nitrogens with one attached hydrogen (secondary N) is 1. The molecule has 2 nitrogen and oxygen atoms in total. The van der Waals surface area contributed by atoms with Gasteiger partial charge in [-0.3, -0.25) is 0 Å². The van der Waals surface area contributed by atoms with E-state index in [9.17, 15) is 0 Å². The van der Waals surface area contributed by atoms with Crippen LogP contribution in [-0.2, 0) is 0 Å². The molecule has 2 rings (SSSR count). The Bertz CT molecular complexity index is 560. The van der Waals surface area contributed by atoms with Gasteiger partial charge in [-0.15, -0.1) is 0 Å². The lowest BCUT2D eigenvalue weighted by Crippen LogP contribution is -2.12. The second kappa shape index (κ2) is 6.83. The molecule has 2 aromatic rings. The zero-order valence-electron chi connectivity index (χ0n) is 10.6. The number of rotatable bonds is 5. The number of benzene rings is 2. The molecule has 4 heteroatoms. The van der Waals surface area contributed by atoms with Gasteiger partial charge in [0.05, 0.1) is 0 Å². The minimum atomic E-state index is 0.601. The van der Waals surface area contributed by atoms with Gasteiger partial charge in [0, 0.05) is 21.7 Å². The van der Waals surface area contributed by atoms with Gasteiger partial charge in [0.25, 0.3) is 0 Å². The van der Waals surface area contributed by atoms with Crippen molar-refractivity contribution < 1.29 is 4.74 Å². The molecule has 0 aliphatic carbocycles. The lowest BCUT2D eigenvalue weighted by molar-refractivity contribution is 0.330. The first kappa shape index (κ1) is 14.2. The molecule has 0 saturated carbocycles. The normalized spacial score (nSPS) is 10.3. The topological polar surface area (TPSA) is 21.3 Å². The first-order valence-electron chi connectivity index (χ1n) is 6.04. The Kier molecular flexibility index (Phi) is 5.11. The Morgan fingerprint density at radius 1 is 1.21 bits per heavy atom. The molecule has 2 aromatic carbocycles. The highest BCUT2D eigenvalue weighted by atomic mass is 79.9. The molecular weight excluding hydrogens is 326 g/mol. The number of hydrogen-bond donors (Lipinski definition) is 1. The van der Waals surface area contributed by atoms with Crippen molar-refractivity contribution in [1.82, 2.24) is 0 Å². The molecule has 0 fully saturated rings. The summed E-state index contributed by atoms with van der Waals surface area (Å²) in [4.78, 5) is 0. The third kappa shape index (κ3) is 4.15. The van der Waals surface area contributed by atoms with E-state index in [0.717, 1.165) is 33.0 Å². The van der Waals surface area contributed by atoms with Gasteiger partial charge in [-0.1, -0.05) is 23.7 Å². The van der Waals surface area contributed by atoms with Crippen molar-refractivity contribution in [3.05, 3.63) is 57.5 Å². The van der Waals surface area contributed by atoms with Crippen LogP contribution < -0.4 is 10.1 Å². The van der Waals surface area contributed by atoms with Crippen molar-refractivity contribution in [2.24, 2.45) is 0 Å². The third-order valence-electron chi connectivity index (χ3n) is 2.69. The van der Waals surface area contributed by atoms with E-state index in [-0.39, 0.29) is 0 Å². The highest BCUT2D eigenvalue weighted by Crippen LogP contribution is 2.22. The van der Waals surface area contributed by atoms with Gasteiger partial charge >= 0.3 is 0 Å². The average molecular weight is 341 g/mol. The number of halogens is 2. The van der Waals surface area contributed by atoms with Crippen LogP contribution in [0, 0.1) is 6.92 Å². The third-order valence-corrected chi connectivity index (χ3v) is 3.61. The van der Waals surface area contributed by atoms with Gasteiger partial charge in [-0.05, 0) is 58.7 Å². The molecule has 0 aliphatic rings. The maximum absolute atomic E-state index is 5.90. The molecule has 0 spiro atoms. The molecule has 1 N–H and O–H groups in total. The maximum atomic E-state index is 5.90. The molecule has 0 unspecified atom stereocenters. The van der Waals surface area contributed by atoms with Crippen LogP contribution in [0.5, 0.6) is 5.75 Å². The van der Waals surface area contributed by atoms with E-state index in [1.165, 1.54) is 0 Å². The van der Waals surface area contributed by atoms with E-state index in [1.807, 2.05) is 49.4 Å². The van der Waals surface area contributed by atoms with E-state index >= 15 is 0 Å². The van der Waals surface area contributed by atoms with Crippen molar-refractivity contribution in [2.75, 3.05) is 18.5 Å². The SMILES string of the molecule is Cc1cc(Cl)ccc1OCCNc1ccccc1Br. The maximum Gasteiger partial charge on any atom is 0.122 e. The predicted octanol–water partition coefficient (Wildman–Crippen LogP) is 4.90. The fourth-order valence-electron chi connectivity index (χ4n) is 1.73. The molecule has 0 aromatic heterocycles. The van der Waals surface area contributed by atoms with Crippen LogP contribution in [0.1, 0.15) is 5.56 Å². The Morgan fingerprint density at radius 2 is 2.00 bits per heavy atom. The Hall–Kier alpha value is -1.19. The van der Waals surface area contributed by atoms with Crippen molar-refractivity contribution in [3.8, 4) is 5.75 Å². The summed E-state index contributed by atoms with van der Waals surface area (Å²) >= 11 is 9.40. The van der Waals surface area contributed by atoms with Crippen molar-refractivity contribution in [2.45, 2.75) is 6.92 Å². The molecule has 0 atom stereocenters. The molecular formula is C15H15BrClNO. The molecule has 100 valence electrons. The summed E-state index contributed by atoms with van der Waals surface area (Å²) in [6.45, 7) is 3.33. The van der Waals surface area contributed by atoms with E-state index in [0.29, 0.717) is 6.61 Å². The van der Waals surface area contributed by atoms with Gasteiger partial charge in [-0.2, -0.15) is 0 Å². The minimum absolute atomic E-state index is 0.601. The summed E-state index contributed by atoms with van der Waals surface area (Å²) in [7, 11) is 0. The fraction of sp³-hybridized carbons (Fsp3) is 0.200. The monoisotopic (exact) mass is 339 g/mol. The largest absolute Gasteiger partial charge is 0.491 e. The zero-order chi connectivity index (χ0) is 13.7. The van der Waals surface area contributed by atoms with Crippen LogP contribution in [0.15, 0.2) is 46.9 Å². The van der Waals surface area contributed by atoms with E-state index < -0.39 is 0 Å². The Morgan fingerprint density at radius 3 is 2.74 bits per heavy atom. The van der Waals surface area contributed by atoms with Crippen LogP contribution in [0.25, 0.3) is 0 Å². The van der Waals surface area contributed by atoms with E-state index in [4.69, 9.17) is 16.3 Å². The van der Waals surface area contributed by atoms with Crippen molar-refractivity contribution >= 4 is 33.2 Å². The number of aryl methyl sites for hydroxylation is 1. The smallest absolute Gasteiger partial charge is 0.122 e. The molecule has 0 amide bonds. The molecule has 0 saturated heterocycles. The molecule has 0 aliphatic heterocycles. The second-order valence-electron chi connectivity index (χ2n) is 4.16. The number of para-hydroxylation sites is 1. The Labute approximate surface area is 126 Å². The van der Waals surface area contributed by atoms with Crippen LogP contribution >= 0.6 is 27.5 Å². The number of hydrogen-bond acceptors (Lipinski definition) is 2. The van der Waals surface area contributed by atoms with Crippen molar-refractivity contribution in [1.29, 1.82) is 0 Å². The summed E-state index contributed by atoms with van der Waals surface area (Å²) in [6.07, 6.45) is 0. The summed E-state index contributed by atoms with van der Waals surface area (Å²) in [5, 5.41) is 4.05. The average Bonchev–Trinajstić information content (AvgIpc) is 2.38. The van der Waals surface area contributed by atoms with Crippen LogP contribution in [0.2, 0.25) is 5.02 Å². The summed E-state index contributed by atoms with van der Waals surface area (Å²) in [5.74, 6) is 0.873. The first-order chi connectivity index (χ1) is 9.16. The minimum Gasteiger partial charge on any atom is -0.491 e. The van der Waals surface area contributed by atoms with E-state index in [1.54, 1.807) is 0 Å². The van der Waals surface area contributed by atoms with Gasteiger partial charge in [0.1, 0.15) is 12.4 Å². The predicted molar refractivity (Wildman–Crippen MR) is 84.3 cm³/mol. The molecule has 0 radical (unpaired) electrons. The highest BCUT2D eigenvalue weighted by Gasteiger charge is 2.01. The Balaban J connectivity index is 1.83. The lowest BCUT2D eigenvalue weighted by atomic mass is 10.2. The first-order valence-corrected chi connectivity index (χ1v) is 7.21. The zero-order valence-corrected chi connectivity index (χ0v) is 13.0. The summed E-state index contributed by atoms with van der Waals surface area (Å²) < 4.78 is 6.77. The van der Waals surface area contributed by atoms with Gasteiger partial charge in [0.15, 0.2) is 0 Å². The van der Waals surface area contributed by atoms with Crippen LogP contribution in [0.4, 0.5) is 5.69 Å². The van der Waals surface area contributed by atoms with Crippen LogP contribution in [0.3, 0.4) is 0 Å². The fourth-order valence-corrected chi connectivity index (χ4v) is 2.38. The second-order valence-corrected chi connectivity index (χ2v) is 5.46. The van der Waals surface area contributed by atoms with Crippen LogP contribution in [-0.4, -0.2) is 13.2 Å². The molecule has 0 heterocycles. The van der Waals surface area contributed by atoms with Crippen molar-refractivity contribution in [3.63, 3.8) is 0 Å². The van der Waals surface area contributed by atoms with Gasteiger partial charge in [0.2, 0.25) is 0 Å². The molecule has 0 bridgehead atoms. The number of anilines is 1. The standard InChI is InChI=1S/C15H15BrClNO/c1-11-10-12(17)6-7-15(11)19-9-8-18-14-5-3-2-4-13(14)16/h2-7,10,18H,8-9H2,1H3. The number of ether oxygens (including phenoxy) is 1. The highest BCUT2D eigenvalue weighted by molar-refractivity contribution is 9.10. The molecule has 19 heavy (non-hydrogen) atoms. The quantitative estimate of drug-likeness (QED) is 0.782. The summed E-state index contributed by atoms with van der Waals surface area (Å²) in [5.41, 5.74) is 2.12. The van der Waals surface area contributed by atoms with E-state index in [2.05, 4.69) is 21.2 Å². The lowest BCUT2D eigenvalue weighted by Gasteiger charge is -2.11. The van der Waals surface area contributed by atoms with Gasteiger partial charge < -0.3 is 10.1 Å². The van der Waals surface area contributed by atoms with Gasteiger partial charge in [-0.25, -0.2) is 0 Å².